The van der Waals surface area contributed by atoms with Gasteiger partial charge in [0, 0.05) is 11.9 Å². The van der Waals surface area contributed by atoms with Crippen LogP contribution in [-0.2, 0) is 27.5 Å². The summed E-state index contributed by atoms with van der Waals surface area (Å²) >= 11 is 0. The molecule has 4 rings (SSSR count). The summed E-state index contributed by atoms with van der Waals surface area (Å²) in [6.45, 7) is -0.0885. The van der Waals surface area contributed by atoms with Crippen LogP contribution in [0.15, 0.2) is 108 Å². The molecular formula is C32H32N4O6. The highest BCUT2D eigenvalue weighted by molar-refractivity contribution is 5.96. The van der Waals surface area contributed by atoms with Crippen molar-refractivity contribution in [1.29, 1.82) is 0 Å². The number of fused-ring (bicyclic) bond motifs is 1. The van der Waals surface area contributed by atoms with Crippen molar-refractivity contribution in [2.45, 2.75) is 32.1 Å². The predicted octanol–water partition coefficient (Wildman–Crippen LogP) is 5.14. The third kappa shape index (κ3) is 8.31. The molecule has 42 heavy (non-hydrogen) atoms. The van der Waals surface area contributed by atoms with Crippen molar-refractivity contribution in [3.8, 4) is 5.75 Å². The monoisotopic (exact) mass is 568 g/mol. The Bertz CT molecular complexity index is 1460. The first-order chi connectivity index (χ1) is 20.4. The number of carbonyl (C=O) groups excluding carboxylic acids is 3. The average molecular weight is 569 g/mol. The molecule has 0 heterocycles. The SMILES string of the molecule is NC(N)=NCCC[C@@H](C(=O)Oc1cccc2ccccc12)N(C(=O)OCc1ccccc1)C(=O)OCc1ccccc1. The van der Waals surface area contributed by atoms with E-state index in [1.807, 2.05) is 42.5 Å². The Balaban J connectivity index is 1.62. The molecule has 0 aliphatic rings. The van der Waals surface area contributed by atoms with Gasteiger partial charge in [-0.2, -0.15) is 4.90 Å². The number of nitrogens with zero attached hydrogens (tertiary/aromatic N) is 2. The summed E-state index contributed by atoms with van der Waals surface area (Å²) in [7, 11) is 0. The van der Waals surface area contributed by atoms with Gasteiger partial charge in [0.2, 0.25) is 0 Å². The van der Waals surface area contributed by atoms with Crippen molar-refractivity contribution in [1.82, 2.24) is 4.90 Å². The van der Waals surface area contributed by atoms with Crippen LogP contribution in [0.1, 0.15) is 24.0 Å². The molecule has 0 saturated heterocycles. The second-order valence-electron chi connectivity index (χ2n) is 9.31. The van der Waals surface area contributed by atoms with Gasteiger partial charge in [0.15, 0.2) is 5.96 Å². The molecule has 0 bridgehead atoms. The highest BCUT2D eigenvalue weighted by atomic mass is 16.6. The van der Waals surface area contributed by atoms with E-state index in [1.54, 1.807) is 60.7 Å². The zero-order valence-electron chi connectivity index (χ0n) is 22.9. The van der Waals surface area contributed by atoms with Crippen LogP contribution < -0.4 is 16.2 Å². The number of hydrogen-bond acceptors (Lipinski definition) is 7. The fourth-order valence-electron chi connectivity index (χ4n) is 4.21. The zero-order valence-corrected chi connectivity index (χ0v) is 22.9. The first kappa shape index (κ1) is 29.6. The smallest absolute Gasteiger partial charge is 0.420 e. The molecule has 4 aromatic rings. The second kappa shape index (κ2) is 14.8. The van der Waals surface area contributed by atoms with Gasteiger partial charge in [0.1, 0.15) is 25.0 Å². The predicted molar refractivity (Wildman–Crippen MR) is 158 cm³/mol. The van der Waals surface area contributed by atoms with E-state index in [1.165, 1.54) is 0 Å². The van der Waals surface area contributed by atoms with E-state index in [2.05, 4.69) is 4.99 Å². The maximum absolute atomic E-state index is 13.7. The van der Waals surface area contributed by atoms with Crippen molar-refractivity contribution in [3.05, 3.63) is 114 Å². The fourth-order valence-corrected chi connectivity index (χ4v) is 4.21. The lowest BCUT2D eigenvalue weighted by Gasteiger charge is -2.27. The molecule has 0 saturated carbocycles. The summed E-state index contributed by atoms with van der Waals surface area (Å²) in [4.78, 5) is 45.2. The minimum absolute atomic E-state index is 0.0126. The second-order valence-corrected chi connectivity index (χ2v) is 9.31. The third-order valence-electron chi connectivity index (χ3n) is 6.28. The van der Waals surface area contributed by atoms with Gasteiger partial charge < -0.3 is 25.7 Å². The lowest BCUT2D eigenvalue weighted by atomic mass is 10.1. The van der Waals surface area contributed by atoms with Crippen LogP contribution in [0, 0.1) is 0 Å². The average Bonchev–Trinajstić information content (AvgIpc) is 3.01. The fraction of sp³-hybridized carbons (Fsp3) is 0.188. The van der Waals surface area contributed by atoms with Gasteiger partial charge in [-0.1, -0.05) is 97.1 Å². The standard InChI is InChI=1S/C32H32N4O6/c33-30(34)35-20-10-18-27(29(37)42-28-19-9-16-25-15-7-8-17-26(25)28)36(31(38)40-21-23-11-3-1-4-12-23)32(39)41-22-24-13-5-2-6-14-24/h1-9,11-17,19,27H,10,18,20-22H2,(H4,33,34,35)/t27-/m0/s1. The molecule has 10 nitrogen and oxygen atoms in total. The van der Waals surface area contributed by atoms with Crippen LogP contribution in [0.5, 0.6) is 5.75 Å². The van der Waals surface area contributed by atoms with Gasteiger partial charge in [-0.05, 0) is 35.4 Å². The van der Waals surface area contributed by atoms with E-state index in [9.17, 15) is 14.4 Å². The van der Waals surface area contributed by atoms with Gasteiger partial charge in [-0.3, -0.25) is 4.99 Å². The lowest BCUT2D eigenvalue weighted by Crippen LogP contribution is -2.50. The van der Waals surface area contributed by atoms with Crippen LogP contribution in [0.4, 0.5) is 9.59 Å². The van der Waals surface area contributed by atoms with Crippen molar-refractivity contribution in [2.75, 3.05) is 6.54 Å². The van der Waals surface area contributed by atoms with Crippen molar-refractivity contribution < 1.29 is 28.6 Å². The number of nitrogens with two attached hydrogens (primary N) is 2. The summed E-state index contributed by atoms with van der Waals surface area (Å²) < 4.78 is 16.7. The molecule has 0 aliphatic carbocycles. The van der Waals surface area contributed by atoms with E-state index in [0.717, 1.165) is 5.39 Å². The summed E-state index contributed by atoms with van der Waals surface area (Å²) in [5.41, 5.74) is 12.3. The van der Waals surface area contributed by atoms with Gasteiger partial charge in [-0.15, -0.1) is 0 Å². The Morgan fingerprint density at radius 1 is 0.714 bits per heavy atom. The first-order valence-electron chi connectivity index (χ1n) is 13.4. The Kier molecular flexibility index (Phi) is 10.5. The summed E-state index contributed by atoms with van der Waals surface area (Å²) in [6.07, 6.45) is -1.87. The highest BCUT2D eigenvalue weighted by Crippen LogP contribution is 2.27. The Labute approximate surface area is 243 Å². The van der Waals surface area contributed by atoms with E-state index in [4.69, 9.17) is 25.7 Å². The van der Waals surface area contributed by atoms with Gasteiger partial charge in [0.05, 0.1) is 0 Å². The van der Waals surface area contributed by atoms with Gasteiger partial charge >= 0.3 is 18.2 Å². The molecule has 0 fully saturated rings. The molecule has 0 unspecified atom stereocenters. The number of carbonyl (C=O) groups is 3. The molecular weight excluding hydrogens is 536 g/mol. The molecule has 1 atom stereocenters. The third-order valence-corrected chi connectivity index (χ3v) is 6.28. The molecule has 4 aromatic carbocycles. The van der Waals surface area contributed by atoms with Crippen LogP contribution in [0.2, 0.25) is 0 Å². The van der Waals surface area contributed by atoms with Gasteiger partial charge in [-0.25, -0.2) is 14.4 Å². The van der Waals surface area contributed by atoms with E-state index < -0.39 is 24.2 Å². The number of imide groups is 1. The Hall–Kier alpha value is -5.38. The molecule has 2 amide bonds. The maximum atomic E-state index is 13.7. The summed E-state index contributed by atoms with van der Waals surface area (Å²) in [5, 5.41) is 1.55. The van der Waals surface area contributed by atoms with Crippen LogP contribution in [-0.4, -0.2) is 41.6 Å². The summed E-state index contributed by atoms with van der Waals surface area (Å²) in [6, 6.07) is 29.2. The number of rotatable bonds is 11. The number of ether oxygens (including phenoxy) is 3. The van der Waals surface area contributed by atoms with Crippen molar-refractivity contribution >= 4 is 34.9 Å². The first-order valence-corrected chi connectivity index (χ1v) is 13.4. The molecule has 0 aromatic heterocycles. The van der Waals surface area contributed by atoms with E-state index >= 15 is 0 Å². The quantitative estimate of drug-likeness (QED) is 0.0831. The van der Waals surface area contributed by atoms with E-state index in [0.29, 0.717) is 21.4 Å². The molecule has 10 heteroatoms. The molecule has 4 N–H and O–H groups in total. The maximum Gasteiger partial charge on any atom is 0.420 e. The largest absolute Gasteiger partial charge is 0.444 e. The summed E-state index contributed by atoms with van der Waals surface area (Å²) in [5.74, 6) is -0.682. The Morgan fingerprint density at radius 2 is 1.26 bits per heavy atom. The lowest BCUT2D eigenvalue weighted by molar-refractivity contribution is -0.139. The van der Waals surface area contributed by atoms with E-state index in [-0.39, 0.29) is 44.3 Å². The van der Waals surface area contributed by atoms with Crippen LogP contribution >= 0.6 is 0 Å². The normalized spacial score (nSPS) is 11.2. The van der Waals surface area contributed by atoms with Crippen LogP contribution in [0.3, 0.4) is 0 Å². The molecule has 0 aliphatic heterocycles. The minimum Gasteiger partial charge on any atom is -0.444 e. The number of benzene rings is 4. The van der Waals surface area contributed by atoms with Gasteiger partial charge in [0.25, 0.3) is 0 Å². The number of guanidine groups is 1. The number of aliphatic imine (C=N–C) groups is 1. The zero-order chi connectivity index (χ0) is 29.7. The molecule has 0 radical (unpaired) electrons. The van der Waals surface area contributed by atoms with Crippen molar-refractivity contribution in [2.24, 2.45) is 16.5 Å². The molecule has 0 spiro atoms. The molecule has 216 valence electrons. The topological polar surface area (TPSA) is 147 Å². The number of hydrogen-bond donors (Lipinski definition) is 2. The number of amides is 2. The van der Waals surface area contributed by atoms with Crippen molar-refractivity contribution in [3.63, 3.8) is 0 Å². The highest BCUT2D eigenvalue weighted by Gasteiger charge is 2.38. The number of esters is 1. The van der Waals surface area contributed by atoms with Crippen LogP contribution in [0.25, 0.3) is 10.8 Å². The minimum atomic E-state index is -1.40. The Morgan fingerprint density at radius 3 is 1.86 bits per heavy atom.